The molecule has 0 bridgehead atoms. The predicted molar refractivity (Wildman–Crippen MR) is 104 cm³/mol. The molecular formula is C19H23N3O4S. The molecular weight excluding hydrogens is 366 g/mol. The fourth-order valence-electron chi connectivity index (χ4n) is 3.16. The lowest BCUT2D eigenvalue weighted by molar-refractivity contribution is 0.422. The van der Waals surface area contributed by atoms with E-state index >= 15 is 0 Å². The van der Waals surface area contributed by atoms with Crippen molar-refractivity contribution in [3.63, 3.8) is 0 Å². The summed E-state index contributed by atoms with van der Waals surface area (Å²) in [6.45, 7) is 6.02. The number of hydrogen-bond acceptors (Lipinski definition) is 6. The third-order valence-corrected chi connectivity index (χ3v) is 6.29. The number of aryl methyl sites for hydroxylation is 2. The molecule has 0 amide bonds. The van der Waals surface area contributed by atoms with Crippen molar-refractivity contribution in [1.29, 1.82) is 0 Å². The molecule has 27 heavy (non-hydrogen) atoms. The van der Waals surface area contributed by atoms with Gasteiger partial charge in [0.15, 0.2) is 0 Å². The summed E-state index contributed by atoms with van der Waals surface area (Å²) in [5.74, 6) is 0.734. The van der Waals surface area contributed by atoms with Crippen LogP contribution >= 0.6 is 0 Å². The molecule has 1 aliphatic heterocycles. The van der Waals surface area contributed by atoms with Crippen molar-refractivity contribution in [2.75, 3.05) is 26.2 Å². The molecule has 144 valence electrons. The van der Waals surface area contributed by atoms with Gasteiger partial charge < -0.3 is 10.1 Å². The van der Waals surface area contributed by atoms with Crippen LogP contribution in [0.5, 0.6) is 11.5 Å². The minimum atomic E-state index is -3.82. The zero-order valence-corrected chi connectivity index (χ0v) is 16.3. The van der Waals surface area contributed by atoms with Crippen molar-refractivity contribution in [3.05, 3.63) is 52.4 Å². The standard InChI is InChI=1S/C19H23N3O4S/c1-14-10-15(2)12-17(11-14)26-18-5-4-16(21-23)13-19(18)27(24,25)22-8-3-6-20-7-9-22/h4-5,10-13,20H,3,6-9H2,1-2H3. The summed E-state index contributed by atoms with van der Waals surface area (Å²) in [4.78, 5) is 10.9. The van der Waals surface area contributed by atoms with E-state index in [2.05, 4.69) is 10.5 Å². The number of nitrogens with zero attached hydrogens (tertiary/aromatic N) is 2. The molecule has 0 unspecified atom stereocenters. The van der Waals surface area contributed by atoms with E-state index < -0.39 is 10.0 Å². The first kappa shape index (κ1) is 19.5. The lowest BCUT2D eigenvalue weighted by Gasteiger charge is -2.21. The van der Waals surface area contributed by atoms with Gasteiger partial charge in [0.2, 0.25) is 10.0 Å². The first-order valence-corrected chi connectivity index (χ1v) is 10.3. The van der Waals surface area contributed by atoms with E-state index in [-0.39, 0.29) is 16.3 Å². The molecule has 1 aliphatic rings. The average Bonchev–Trinajstić information content (AvgIpc) is 2.91. The van der Waals surface area contributed by atoms with Crippen molar-refractivity contribution in [2.45, 2.75) is 25.2 Å². The number of rotatable bonds is 5. The molecule has 1 fully saturated rings. The van der Waals surface area contributed by atoms with Crippen LogP contribution in [0.15, 0.2) is 46.5 Å². The van der Waals surface area contributed by atoms with E-state index in [1.807, 2.05) is 32.0 Å². The molecule has 0 aliphatic carbocycles. The van der Waals surface area contributed by atoms with Crippen molar-refractivity contribution in [2.24, 2.45) is 5.18 Å². The van der Waals surface area contributed by atoms with Crippen LogP contribution < -0.4 is 10.1 Å². The van der Waals surface area contributed by atoms with E-state index in [0.29, 0.717) is 25.4 Å². The Labute approximate surface area is 159 Å². The fraction of sp³-hybridized carbons (Fsp3) is 0.368. The van der Waals surface area contributed by atoms with Crippen molar-refractivity contribution >= 4 is 15.7 Å². The van der Waals surface area contributed by atoms with Gasteiger partial charge in [-0.1, -0.05) is 6.07 Å². The van der Waals surface area contributed by atoms with Gasteiger partial charge in [-0.15, -0.1) is 4.91 Å². The summed E-state index contributed by atoms with van der Waals surface area (Å²) in [5.41, 5.74) is 2.08. The minimum Gasteiger partial charge on any atom is -0.456 e. The Morgan fingerprint density at radius 2 is 1.78 bits per heavy atom. The van der Waals surface area contributed by atoms with Gasteiger partial charge in [-0.2, -0.15) is 4.31 Å². The van der Waals surface area contributed by atoms with Crippen LogP contribution in [0.3, 0.4) is 0 Å². The van der Waals surface area contributed by atoms with Gasteiger partial charge in [0.1, 0.15) is 22.1 Å². The molecule has 8 heteroatoms. The Morgan fingerprint density at radius 3 is 2.48 bits per heavy atom. The second-order valence-corrected chi connectivity index (χ2v) is 8.56. The predicted octanol–water partition coefficient (Wildman–Crippen LogP) is 3.48. The second-order valence-electron chi connectivity index (χ2n) is 6.66. The van der Waals surface area contributed by atoms with Gasteiger partial charge in [0, 0.05) is 19.6 Å². The Morgan fingerprint density at radius 1 is 1.04 bits per heavy atom. The summed E-state index contributed by atoms with van der Waals surface area (Å²) in [6.07, 6.45) is 0.720. The zero-order valence-electron chi connectivity index (χ0n) is 15.4. The number of hydrogen-bond donors (Lipinski definition) is 1. The van der Waals surface area contributed by atoms with Gasteiger partial charge in [-0.05, 0) is 73.4 Å². The lowest BCUT2D eigenvalue weighted by Crippen LogP contribution is -2.34. The smallest absolute Gasteiger partial charge is 0.246 e. The van der Waals surface area contributed by atoms with Crippen molar-refractivity contribution in [1.82, 2.24) is 9.62 Å². The molecule has 2 aromatic rings. The lowest BCUT2D eigenvalue weighted by atomic mass is 10.1. The molecule has 7 nitrogen and oxygen atoms in total. The highest BCUT2D eigenvalue weighted by atomic mass is 32.2. The molecule has 3 rings (SSSR count). The van der Waals surface area contributed by atoms with Crippen LogP contribution in [0.4, 0.5) is 5.69 Å². The maximum Gasteiger partial charge on any atom is 0.246 e. The molecule has 2 aromatic carbocycles. The Hall–Kier alpha value is -2.29. The Kier molecular flexibility index (Phi) is 5.88. The Balaban J connectivity index is 2.03. The topological polar surface area (TPSA) is 88.1 Å². The molecule has 1 saturated heterocycles. The minimum absolute atomic E-state index is 0.0411. The maximum absolute atomic E-state index is 13.2. The first-order valence-electron chi connectivity index (χ1n) is 8.84. The molecule has 0 saturated carbocycles. The van der Waals surface area contributed by atoms with Crippen LogP contribution in [0, 0.1) is 18.8 Å². The summed E-state index contributed by atoms with van der Waals surface area (Å²) < 4.78 is 33.8. The fourth-order valence-corrected chi connectivity index (χ4v) is 4.77. The van der Waals surface area contributed by atoms with Gasteiger partial charge in [0.25, 0.3) is 0 Å². The molecule has 0 radical (unpaired) electrons. The largest absolute Gasteiger partial charge is 0.456 e. The quantitative estimate of drug-likeness (QED) is 0.791. The molecule has 0 atom stereocenters. The average molecular weight is 389 g/mol. The van der Waals surface area contributed by atoms with Gasteiger partial charge in [-0.25, -0.2) is 8.42 Å². The zero-order chi connectivity index (χ0) is 19.4. The van der Waals surface area contributed by atoms with Gasteiger partial charge >= 0.3 is 0 Å². The summed E-state index contributed by atoms with van der Waals surface area (Å²) in [5, 5.41) is 6.07. The second kappa shape index (κ2) is 8.16. The third kappa shape index (κ3) is 4.52. The monoisotopic (exact) mass is 389 g/mol. The van der Waals surface area contributed by atoms with E-state index in [1.54, 1.807) is 0 Å². The highest BCUT2D eigenvalue weighted by Gasteiger charge is 2.29. The normalized spacial score (nSPS) is 15.9. The van der Waals surface area contributed by atoms with Gasteiger partial charge in [-0.3, -0.25) is 0 Å². The molecule has 0 spiro atoms. The number of nitrogens with one attached hydrogen (secondary N) is 1. The van der Waals surface area contributed by atoms with Crippen molar-refractivity contribution < 1.29 is 13.2 Å². The summed E-state index contributed by atoms with van der Waals surface area (Å²) >= 11 is 0. The third-order valence-electron chi connectivity index (χ3n) is 4.37. The van der Waals surface area contributed by atoms with Crippen LogP contribution in [0.1, 0.15) is 17.5 Å². The van der Waals surface area contributed by atoms with Crippen LogP contribution in [0.25, 0.3) is 0 Å². The van der Waals surface area contributed by atoms with Gasteiger partial charge in [0.05, 0.1) is 0 Å². The molecule has 0 aromatic heterocycles. The van der Waals surface area contributed by atoms with Crippen molar-refractivity contribution in [3.8, 4) is 11.5 Å². The first-order chi connectivity index (χ1) is 12.9. The number of benzene rings is 2. The van der Waals surface area contributed by atoms with Crippen LogP contribution in [0.2, 0.25) is 0 Å². The highest BCUT2D eigenvalue weighted by molar-refractivity contribution is 7.89. The highest BCUT2D eigenvalue weighted by Crippen LogP contribution is 2.34. The summed E-state index contributed by atoms with van der Waals surface area (Å²) in [7, 11) is -3.82. The van der Waals surface area contributed by atoms with E-state index in [9.17, 15) is 13.3 Å². The maximum atomic E-state index is 13.2. The van der Waals surface area contributed by atoms with Crippen LogP contribution in [-0.2, 0) is 10.0 Å². The summed E-state index contributed by atoms with van der Waals surface area (Å²) in [6, 6.07) is 9.90. The molecule has 1 N–H and O–H groups in total. The number of ether oxygens (including phenoxy) is 1. The number of sulfonamides is 1. The SMILES string of the molecule is Cc1cc(C)cc(Oc2ccc(N=O)cc2S(=O)(=O)N2CCCNCC2)c1. The van der Waals surface area contributed by atoms with E-state index in [1.165, 1.54) is 22.5 Å². The van der Waals surface area contributed by atoms with E-state index in [0.717, 1.165) is 24.1 Å². The number of nitroso groups, excluding NO2 is 1. The molecule has 1 heterocycles. The van der Waals surface area contributed by atoms with Crippen LogP contribution in [-0.4, -0.2) is 38.9 Å². The van der Waals surface area contributed by atoms with E-state index in [4.69, 9.17) is 4.74 Å². The Bertz CT molecular complexity index is 916.